The van der Waals surface area contributed by atoms with Crippen LogP contribution in [0.25, 0.3) is 0 Å². The number of carbonyl (C=O) groups excluding carboxylic acids is 1. The molecule has 5 heteroatoms. The summed E-state index contributed by atoms with van der Waals surface area (Å²) in [4.78, 5) is 17.9. The van der Waals surface area contributed by atoms with Crippen molar-refractivity contribution in [3.05, 3.63) is 29.8 Å². The number of anilines is 1. The predicted molar refractivity (Wildman–Crippen MR) is 100 cm³/mol. The zero-order chi connectivity index (χ0) is 17.4. The molecular formula is C19H30N4O. The van der Waals surface area contributed by atoms with Gasteiger partial charge in [-0.1, -0.05) is 26.0 Å². The lowest BCUT2D eigenvalue weighted by atomic mass is 10.1. The first kappa shape index (κ1) is 18.3. The van der Waals surface area contributed by atoms with Crippen LogP contribution in [0.3, 0.4) is 0 Å². The Morgan fingerprint density at radius 3 is 2.58 bits per heavy atom. The van der Waals surface area contributed by atoms with Crippen molar-refractivity contribution >= 4 is 17.6 Å². The SMILES string of the molecule is CN=C(NCCCC(C)C)NCc1ccc(N2CCCC2=O)cc1. The second kappa shape index (κ2) is 9.30. The van der Waals surface area contributed by atoms with Crippen molar-refractivity contribution in [3.8, 4) is 0 Å². The molecule has 0 radical (unpaired) electrons. The van der Waals surface area contributed by atoms with E-state index in [1.807, 2.05) is 17.0 Å². The Balaban J connectivity index is 1.77. The van der Waals surface area contributed by atoms with E-state index in [9.17, 15) is 4.79 Å². The number of guanidine groups is 1. The minimum absolute atomic E-state index is 0.229. The number of hydrogen-bond donors (Lipinski definition) is 2. The summed E-state index contributed by atoms with van der Waals surface area (Å²) in [5.41, 5.74) is 2.17. The minimum atomic E-state index is 0.229. The van der Waals surface area contributed by atoms with Crippen molar-refractivity contribution in [2.24, 2.45) is 10.9 Å². The third-order valence-electron chi connectivity index (χ3n) is 4.26. The van der Waals surface area contributed by atoms with Gasteiger partial charge in [0.25, 0.3) is 0 Å². The van der Waals surface area contributed by atoms with Crippen molar-refractivity contribution in [1.29, 1.82) is 0 Å². The molecule has 1 aromatic rings. The van der Waals surface area contributed by atoms with Crippen molar-refractivity contribution in [2.45, 2.75) is 46.1 Å². The molecule has 2 rings (SSSR count). The standard InChI is InChI=1S/C19H30N4O/c1-15(2)6-4-12-21-19(20-3)22-14-16-8-10-17(11-9-16)23-13-5-7-18(23)24/h8-11,15H,4-7,12-14H2,1-3H3,(H2,20,21,22). The van der Waals surface area contributed by atoms with Crippen LogP contribution >= 0.6 is 0 Å². The number of aliphatic imine (C=N–C) groups is 1. The van der Waals surface area contributed by atoms with Crippen LogP contribution < -0.4 is 15.5 Å². The van der Waals surface area contributed by atoms with Gasteiger partial charge in [0, 0.05) is 38.8 Å². The minimum Gasteiger partial charge on any atom is -0.356 e. The molecule has 1 aromatic carbocycles. The summed E-state index contributed by atoms with van der Waals surface area (Å²) in [7, 11) is 1.79. The Morgan fingerprint density at radius 2 is 2.00 bits per heavy atom. The summed E-state index contributed by atoms with van der Waals surface area (Å²) in [6.45, 7) is 6.98. The maximum absolute atomic E-state index is 11.8. The fraction of sp³-hybridized carbons (Fsp3) is 0.579. The van der Waals surface area contributed by atoms with Gasteiger partial charge in [-0.2, -0.15) is 0 Å². The van der Waals surface area contributed by atoms with Crippen LogP contribution in [0, 0.1) is 5.92 Å². The normalized spacial score (nSPS) is 15.2. The third kappa shape index (κ3) is 5.55. The third-order valence-corrected chi connectivity index (χ3v) is 4.26. The first-order valence-electron chi connectivity index (χ1n) is 8.94. The number of nitrogens with zero attached hydrogens (tertiary/aromatic N) is 2. The lowest BCUT2D eigenvalue weighted by molar-refractivity contribution is -0.117. The molecule has 0 saturated carbocycles. The van der Waals surface area contributed by atoms with Gasteiger partial charge in [0.05, 0.1) is 0 Å². The van der Waals surface area contributed by atoms with Crippen molar-refractivity contribution in [2.75, 3.05) is 25.0 Å². The average molecular weight is 330 g/mol. The highest BCUT2D eigenvalue weighted by atomic mass is 16.2. The Bertz CT molecular complexity index is 551. The van der Waals surface area contributed by atoms with Crippen LogP contribution in [0.4, 0.5) is 5.69 Å². The summed E-state index contributed by atoms with van der Waals surface area (Å²) < 4.78 is 0. The van der Waals surface area contributed by atoms with Crippen molar-refractivity contribution < 1.29 is 4.79 Å². The van der Waals surface area contributed by atoms with Crippen LogP contribution in [-0.2, 0) is 11.3 Å². The number of carbonyl (C=O) groups is 1. The Labute approximate surface area is 145 Å². The zero-order valence-electron chi connectivity index (χ0n) is 15.1. The van der Waals surface area contributed by atoms with E-state index >= 15 is 0 Å². The quantitative estimate of drug-likeness (QED) is 0.459. The molecule has 1 amide bonds. The van der Waals surface area contributed by atoms with E-state index < -0.39 is 0 Å². The molecule has 0 unspecified atom stereocenters. The van der Waals surface area contributed by atoms with E-state index in [2.05, 4.69) is 41.6 Å². The summed E-state index contributed by atoms with van der Waals surface area (Å²) >= 11 is 0. The fourth-order valence-electron chi connectivity index (χ4n) is 2.84. The van der Waals surface area contributed by atoms with Gasteiger partial charge in [-0.3, -0.25) is 9.79 Å². The molecule has 1 aliphatic heterocycles. The molecule has 0 bridgehead atoms. The fourth-order valence-corrected chi connectivity index (χ4v) is 2.84. The van der Waals surface area contributed by atoms with E-state index in [4.69, 9.17) is 0 Å². The van der Waals surface area contributed by atoms with Gasteiger partial charge < -0.3 is 15.5 Å². The maximum atomic E-state index is 11.8. The second-order valence-electron chi connectivity index (χ2n) is 6.70. The number of hydrogen-bond acceptors (Lipinski definition) is 2. The number of nitrogens with one attached hydrogen (secondary N) is 2. The first-order chi connectivity index (χ1) is 11.6. The molecule has 0 spiro atoms. The van der Waals surface area contributed by atoms with E-state index in [1.54, 1.807) is 7.05 Å². The highest BCUT2D eigenvalue weighted by Gasteiger charge is 2.21. The molecule has 1 heterocycles. The summed E-state index contributed by atoms with van der Waals surface area (Å²) in [6, 6.07) is 8.19. The lowest BCUT2D eigenvalue weighted by Gasteiger charge is -2.16. The molecule has 0 aliphatic carbocycles. The summed E-state index contributed by atoms with van der Waals surface area (Å²) in [5.74, 6) is 1.80. The van der Waals surface area contributed by atoms with Crippen molar-refractivity contribution in [1.82, 2.24) is 10.6 Å². The smallest absolute Gasteiger partial charge is 0.227 e. The van der Waals surface area contributed by atoms with Gasteiger partial charge in [0.15, 0.2) is 5.96 Å². The van der Waals surface area contributed by atoms with Gasteiger partial charge in [0.2, 0.25) is 5.91 Å². The molecule has 5 nitrogen and oxygen atoms in total. The molecule has 2 N–H and O–H groups in total. The molecule has 24 heavy (non-hydrogen) atoms. The number of rotatable bonds is 7. The van der Waals surface area contributed by atoms with Gasteiger partial charge in [-0.25, -0.2) is 0 Å². The molecular weight excluding hydrogens is 300 g/mol. The zero-order valence-corrected chi connectivity index (χ0v) is 15.1. The van der Waals surface area contributed by atoms with E-state index in [0.717, 1.165) is 50.0 Å². The Hall–Kier alpha value is -2.04. The molecule has 1 saturated heterocycles. The van der Waals surface area contributed by atoms with E-state index in [0.29, 0.717) is 6.42 Å². The van der Waals surface area contributed by atoms with Crippen molar-refractivity contribution in [3.63, 3.8) is 0 Å². The predicted octanol–water partition coefficient (Wildman–Crippen LogP) is 2.91. The molecule has 132 valence electrons. The number of amides is 1. The average Bonchev–Trinajstić information content (AvgIpc) is 3.00. The molecule has 0 aromatic heterocycles. The number of benzene rings is 1. The lowest BCUT2D eigenvalue weighted by Crippen LogP contribution is -2.37. The molecule has 1 aliphatic rings. The van der Waals surface area contributed by atoms with E-state index in [-0.39, 0.29) is 5.91 Å². The summed E-state index contributed by atoms with van der Waals surface area (Å²) in [5, 5.41) is 6.67. The van der Waals surface area contributed by atoms with Gasteiger partial charge >= 0.3 is 0 Å². The maximum Gasteiger partial charge on any atom is 0.227 e. The Morgan fingerprint density at radius 1 is 1.25 bits per heavy atom. The molecule has 1 fully saturated rings. The van der Waals surface area contributed by atoms with Crippen LogP contribution in [-0.4, -0.2) is 32.0 Å². The second-order valence-corrected chi connectivity index (χ2v) is 6.70. The first-order valence-corrected chi connectivity index (χ1v) is 8.94. The largest absolute Gasteiger partial charge is 0.356 e. The van der Waals surface area contributed by atoms with E-state index in [1.165, 1.54) is 12.0 Å². The summed E-state index contributed by atoms with van der Waals surface area (Å²) in [6.07, 6.45) is 4.00. The van der Waals surface area contributed by atoms with Gasteiger partial charge in [-0.15, -0.1) is 0 Å². The highest BCUT2D eigenvalue weighted by molar-refractivity contribution is 5.95. The van der Waals surface area contributed by atoms with Crippen LogP contribution in [0.5, 0.6) is 0 Å². The van der Waals surface area contributed by atoms with Crippen LogP contribution in [0.15, 0.2) is 29.3 Å². The Kier molecular flexibility index (Phi) is 7.09. The topological polar surface area (TPSA) is 56.7 Å². The van der Waals surface area contributed by atoms with Gasteiger partial charge in [0.1, 0.15) is 0 Å². The van der Waals surface area contributed by atoms with Crippen LogP contribution in [0.2, 0.25) is 0 Å². The monoisotopic (exact) mass is 330 g/mol. The van der Waals surface area contributed by atoms with Gasteiger partial charge in [-0.05, 0) is 42.9 Å². The van der Waals surface area contributed by atoms with Crippen LogP contribution in [0.1, 0.15) is 45.1 Å². The highest BCUT2D eigenvalue weighted by Crippen LogP contribution is 2.21. The molecule has 0 atom stereocenters.